The van der Waals surface area contributed by atoms with Crippen LogP contribution in [0.15, 0.2) is 48.5 Å². The van der Waals surface area contributed by atoms with Crippen LogP contribution in [0, 0.1) is 6.92 Å². The second-order valence-electron chi connectivity index (χ2n) is 6.70. The number of para-hydroxylation sites is 1. The molecule has 1 N–H and O–H groups in total. The molecule has 4 nitrogen and oxygen atoms in total. The Morgan fingerprint density at radius 3 is 2.38 bits per heavy atom. The molecule has 2 heterocycles. The van der Waals surface area contributed by atoms with Gasteiger partial charge in [0.05, 0.1) is 38.7 Å². The van der Waals surface area contributed by atoms with Gasteiger partial charge in [-0.05, 0) is 19.1 Å². The highest BCUT2D eigenvalue weighted by atomic mass is 15.3. The van der Waals surface area contributed by atoms with Gasteiger partial charge in [-0.2, -0.15) is 0 Å². The summed E-state index contributed by atoms with van der Waals surface area (Å²) in [5.74, 6) is 1.89. The molecule has 1 aromatic heterocycles. The molecule has 1 aliphatic heterocycles. The lowest BCUT2D eigenvalue weighted by atomic mass is 10.1. The summed E-state index contributed by atoms with van der Waals surface area (Å²) in [6.07, 6.45) is 0. The van der Waals surface area contributed by atoms with Crippen molar-refractivity contribution in [3.8, 4) is 11.4 Å². The van der Waals surface area contributed by atoms with Crippen molar-refractivity contribution in [2.24, 2.45) is 0 Å². The van der Waals surface area contributed by atoms with Gasteiger partial charge < -0.3 is 9.80 Å². The van der Waals surface area contributed by atoms with E-state index in [1.54, 1.807) is 4.90 Å². The van der Waals surface area contributed by atoms with Gasteiger partial charge in [-0.1, -0.05) is 42.0 Å². The Kier molecular flexibility index (Phi) is 3.90. The van der Waals surface area contributed by atoms with Crippen molar-refractivity contribution in [1.82, 2.24) is 9.97 Å². The van der Waals surface area contributed by atoms with Crippen LogP contribution in [0.25, 0.3) is 22.3 Å². The summed E-state index contributed by atoms with van der Waals surface area (Å²) in [5, 5.41) is 1.15. The fourth-order valence-corrected chi connectivity index (χ4v) is 3.23. The molecule has 1 fully saturated rings. The Morgan fingerprint density at radius 2 is 1.62 bits per heavy atom. The average molecular weight is 319 g/mol. The average Bonchev–Trinajstić information content (AvgIpc) is 2.62. The van der Waals surface area contributed by atoms with E-state index >= 15 is 0 Å². The zero-order chi connectivity index (χ0) is 16.5. The molecule has 0 spiro atoms. The minimum Gasteiger partial charge on any atom is -0.345 e. The van der Waals surface area contributed by atoms with Crippen LogP contribution in [0.2, 0.25) is 0 Å². The predicted molar refractivity (Wildman–Crippen MR) is 98.5 cm³/mol. The zero-order valence-electron chi connectivity index (χ0n) is 14.3. The number of hydrogen-bond donors (Lipinski definition) is 1. The first-order chi connectivity index (χ1) is 11.7. The monoisotopic (exact) mass is 319 g/mol. The summed E-state index contributed by atoms with van der Waals surface area (Å²) in [5.41, 5.74) is 3.35. The molecule has 1 saturated heterocycles. The van der Waals surface area contributed by atoms with Crippen molar-refractivity contribution in [2.75, 3.05) is 38.1 Å². The van der Waals surface area contributed by atoms with Crippen LogP contribution in [0.4, 0.5) is 5.82 Å². The van der Waals surface area contributed by atoms with E-state index < -0.39 is 0 Å². The Bertz CT molecular complexity index is 849. The molecule has 4 rings (SSSR count). The molecule has 0 bridgehead atoms. The van der Waals surface area contributed by atoms with Gasteiger partial charge in [0.25, 0.3) is 0 Å². The van der Waals surface area contributed by atoms with Crippen molar-refractivity contribution in [2.45, 2.75) is 6.92 Å². The molecule has 0 aliphatic carbocycles. The molecule has 3 aromatic rings. The van der Waals surface area contributed by atoms with E-state index in [0.29, 0.717) is 0 Å². The molecular formula is C20H23N4+. The highest BCUT2D eigenvalue weighted by molar-refractivity contribution is 5.91. The minimum absolute atomic E-state index is 0.815. The first-order valence-corrected chi connectivity index (χ1v) is 8.61. The molecule has 4 heteroatoms. The van der Waals surface area contributed by atoms with Crippen LogP contribution in [0.5, 0.6) is 0 Å². The predicted octanol–water partition coefficient (Wildman–Crippen LogP) is 1.94. The number of likely N-dealkylation sites (N-methyl/N-ethyl adjacent to an activating group) is 1. The molecule has 24 heavy (non-hydrogen) atoms. The zero-order valence-corrected chi connectivity index (χ0v) is 14.3. The number of quaternary nitrogens is 1. The lowest BCUT2D eigenvalue weighted by Gasteiger charge is -2.31. The smallest absolute Gasteiger partial charge is 0.162 e. The Balaban J connectivity index is 1.83. The van der Waals surface area contributed by atoms with Crippen LogP contribution < -0.4 is 9.80 Å². The van der Waals surface area contributed by atoms with Crippen molar-refractivity contribution >= 4 is 16.7 Å². The second-order valence-corrected chi connectivity index (χ2v) is 6.70. The van der Waals surface area contributed by atoms with E-state index in [9.17, 15) is 0 Å². The van der Waals surface area contributed by atoms with Gasteiger partial charge >= 0.3 is 0 Å². The van der Waals surface area contributed by atoms with Crippen molar-refractivity contribution in [3.05, 3.63) is 54.1 Å². The highest BCUT2D eigenvalue weighted by Gasteiger charge is 2.21. The number of aromatic nitrogens is 2. The lowest BCUT2D eigenvalue weighted by Crippen LogP contribution is -3.12. The van der Waals surface area contributed by atoms with Gasteiger partial charge in [0.2, 0.25) is 0 Å². The SMILES string of the molecule is Cc1ccc(-c2nc(N3CC[NH+](C)CC3)c3ccccc3n2)cc1. The van der Waals surface area contributed by atoms with E-state index in [2.05, 4.69) is 61.3 Å². The summed E-state index contributed by atoms with van der Waals surface area (Å²) < 4.78 is 0. The maximum atomic E-state index is 4.96. The van der Waals surface area contributed by atoms with Crippen molar-refractivity contribution < 1.29 is 4.90 Å². The maximum Gasteiger partial charge on any atom is 0.162 e. The number of nitrogens with zero attached hydrogens (tertiary/aromatic N) is 3. The van der Waals surface area contributed by atoms with Gasteiger partial charge in [0.15, 0.2) is 5.82 Å². The number of anilines is 1. The third kappa shape index (κ3) is 2.85. The molecule has 0 unspecified atom stereocenters. The molecule has 0 radical (unpaired) electrons. The quantitative estimate of drug-likeness (QED) is 0.784. The van der Waals surface area contributed by atoms with Gasteiger partial charge in [0.1, 0.15) is 5.82 Å². The standard InChI is InChI=1S/C20H22N4/c1-15-7-9-16(10-8-15)19-21-18-6-4-3-5-17(18)20(22-19)24-13-11-23(2)12-14-24/h3-10H,11-14H2,1-2H3/p+1. The fraction of sp³-hybridized carbons (Fsp3) is 0.300. The van der Waals surface area contributed by atoms with Gasteiger partial charge in [-0.3, -0.25) is 0 Å². The van der Waals surface area contributed by atoms with Crippen molar-refractivity contribution in [3.63, 3.8) is 0 Å². The molecule has 0 atom stereocenters. The normalized spacial score (nSPS) is 15.8. The fourth-order valence-electron chi connectivity index (χ4n) is 3.23. The number of hydrogen-bond acceptors (Lipinski definition) is 3. The molecular weight excluding hydrogens is 296 g/mol. The number of benzene rings is 2. The Morgan fingerprint density at radius 1 is 0.917 bits per heavy atom. The van der Waals surface area contributed by atoms with E-state index in [-0.39, 0.29) is 0 Å². The summed E-state index contributed by atoms with van der Waals surface area (Å²) >= 11 is 0. The topological polar surface area (TPSA) is 33.5 Å². The van der Waals surface area contributed by atoms with Gasteiger partial charge in [0, 0.05) is 10.9 Å². The third-order valence-electron chi connectivity index (χ3n) is 4.81. The van der Waals surface area contributed by atoms with E-state index in [4.69, 9.17) is 9.97 Å². The number of piperazine rings is 1. The lowest BCUT2D eigenvalue weighted by molar-refractivity contribution is -0.880. The third-order valence-corrected chi connectivity index (χ3v) is 4.81. The maximum absolute atomic E-state index is 4.96. The van der Waals surface area contributed by atoms with Crippen LogP contribution in [0.3, 0.4) is 0 Å². The Labute approximate surface area is 142 Å². The number of nitrogens with one attached hydrogen (secondary N) is 1. The van der Waals surface area contributed by atoms with E-state index in [1.165, 1.54) is 5.56 Å². The number of fused-ring (bicyclic) bond motifs is 1. The second kappa shape index (κ2) is 6.21. The molecule has 122 valence electrons. The largest absolute Gasteiger partial charge is 0.345 e. The summed E-state index contributed by atoms with van der Waals surface area (Å²) in [6, 6.07) is 16.8. The number of rotatable bonds is 2. The van der Waals surface area contributed by atoms with Crippen LogP contribution in [0.1, 0.15) is 5.56 Å². The minimum atomic E-state index is 0.815. The van der Waals surface area contributed by atoms with Crippen LogP contribution in [-0.4, -0.2) is 43.2 Å². The summed E-state index contributed by atoms with van der Waals surface area (Å²) in [4.78, 5) is 13.8. The van der Waals surface area contributed by atoms with E-state index in [1.807, 2.05) is 6.07 Å². The van der Waals surface area contributed by atoms with E-state index in [0.717, 1.165) is 54.3 Å². The number of aryl methyl sites for hydroxylation is 1. The molecule has 2 aromatic carbocycles. The van der Waals surface area contributed by atoms with Crippen molar-refractivity contribution in [1.29, 1.82) is 0 Å². The van der Waals surface area contributed by atoms with Crippen LogP contribution >= 0.6 is 0 Å². The molecule has 0 saturated carbocycles. The van der Waals surface area contributed by atoms with Crippen LogP contribution in [-0.2, 0) is 0 Å². The summed E-state index contributed by atoms with van der Waals surface area (Å²) in [7, 11) is 2.26. The van der Waals surface area contributed by atoms with Gasteiger partial charge in [-0.25, -0.2) is 9.97 Å². The highest BCUT2D eigenvalue weighted by Crippen LogP contribution is 2.27. The first-order valence-electron chi connectivity index (χ1n) is 8.61. The summed E-state index contributed by atoms with van der Waals surface area (Å²) in [6.45, 7) is 6.49. The molecule has 1 aliphatic rings. The first kappa shape index (κ1) is 15.1. The van der Waals surface area contributed by atoms with Gasteiger partial charge in [-0.15, -0.1) is 0 Å². The Hall–Kier alpha value is -2.46. The molecule has 0 amide bonds.